The summed E-state index contributed by atoms with van der Waals surface area (Å²) in [5.74, 6) is 1.53. The lowest BCUT2D eigenvalue weighted by molar-refractivity contribution is 0.176. The molecule has 0 bridgehead atoms. The maximum absolute atomic E-state index is 10.7. The number of hydrogen-bond donors (Lipinski definition) is 0. The number of hydrogen-bond acceptors (Lipinski definition) is 3. The van der Waals surface area contributed by atoms with Crippen LogP contribution in [0.25, 0.3) is 0 Å². The lowest BCUT2D eigenvalue weighted by atomic mass is 10.2. The summed E-state index contributed by atoms with van der Waals surface area (Å²) in [5.41, 5.74) is 0.611. The van der Waals surface area contributed by atoms with Gasteiger partial charge in [-0.15, -0.1) is 0 Å². The third-order valence-corrected chi connectivity index (χ3v) is 1.89. The van der Waals surface area contributed by atoms with E-state index in [-0.39, 0.29) is 6.61 Å². The standard InChI is InChI=1S/C10H13O4/c1-12-8-4-7(6-11)5-9(13-2)10(8)14-3/h4-5H,6H2,1-3H3. The topological polar surface area (TPSA) is 47.6 Å². The fraction of sp³-hybridized carbons (Fsp3) is 0.400. The van der Waals surface area contributed by atoms with Crippen molar-refractivity contribution in [1.29, 1.82) is 0 Å². The number of rotatable bonds is 4. The van der Waals surface area contributed by atoms with Gasteiger partial charge in [0.2, 0.25) is 5.75 Å². The largest absolute Gasteiger partial charge is 0.493 e. The Balaban J connectivity index is 3.24. The number of ether oxygens (including phenoxy) is 3. The second-order valence-corrected chi connectivity index (χ2v) is 2.68. The fourth-order valence-electron chi connectivity index (χ4n) is 1.22. The van der Waals surface area contributed by atoms with Crippen molar-refractivity contribution >= 4 is 0 Å². The molecule has 0 fully saturated rings. The second kappa shape index (κ2) is 4.72. The van der Waals surface area contributed by atoms with E-state index >= 15 is 0 Å². The average molecular weight is 197 g/mol. The molecule has 0 aromatic heterocycles. The van der Waals surface area contributed by atoms with Crippen molar-refractivity contribution in [3.05, 3.63) is 17.7 Å². The van der Waals surface area contributed by atoms with Gasteiger partial charge in [0.05, 0.1) is 21.3 Å². The van der Waals surface area contributed by atoms with E-state index in [2.05, 4.69) is 0 Å². The maximum Gasteiger partial charge on any atom is 0.203 e. The Hall–Kier alpha value is -1.42. The Kier molecular flexibility index (Phi) is 3.59. The van der Waals surface area contributed by atoms with Gasteiger partial charge < -0.3 is 14.2 Å². The zero-order valence-corrected chi connectivity index (χ0v) is 8.49. The molecule has 1 radical (unpaired) electrons. The van der Waals surface area contributed by atoms with Crippen LogP contribution in [0.5, 0.6) is 17.2 Å². The minimum atomic E-state index is -0.309. The van der Waals surface area contributed by atoms with E-state index < -0.39 is 0 Å². The number of methoxy groups -OCH3 is 3. The molecule has 77 valence electrons. The van der Waals surface area contributed by atoms with E-state index in [1.54, 1.807) is 12.1 Å². The van der Waals surface area contributed by atoms with Gasteiger partial charge in [-0.25, -0.2) is 5.11 Å². The summed E-state index contributed by atoms with van der Waals surface area (Å²) in [6, 6.07) is 3.29. The van der Waals surface area contributed by atoms with Crippen LogP contribution in [0.3, 0.4) is 0 Å². The molecule has 0 spiro atoms. The molecule has 14 heavy (non-hydrogen) atoms. The van der Waals surface area contributed by atoms with E-state index in [1.807, 2.05) is 0 Å². The van der Waals surface area contributed by atoms with Crippen molar-refractivity contribution in [2.24, 2.45) is 0 Å². The highest BCUT2D eigenvalue weighted by molar-refractivity contribution is 5.53. The van der Waals surface area contributed by atoms with Crippen molar-refractivity contribution in [1.82, 2.24) is 0 Å². The quantitative estimate of drug-likeness (QED) is 0.737. The molecule has 1 aromatic carbocycles. The summed E-state index contributed by atoms with van der Waals surface area (Å²) in [7, 11) is 4.56. The molecule has 1 rings (SSSR count). The first-order valence-corrected chi connectivity index (χ1v) is 4.13. The van der Waals surface area contributed by atoms with Crippen LogP contribution in [0.15, 0.2) is 12.1 Å². The lowest BCUT2D eigenvalue weighted by Crippen LogP contribution is -1.96. The van der Waals surface area contributed by atoms with Gasteiger partial charge in [0.15, 0.2) is 11.5 Å². The lowest BCUT2D eigenvalue weighted by Gasteiger charge is -2.12. The molecule has 0 amide bonds. The van der Waals surface area contributed by atoms with Gasteiger partial charge in [-0.1, -0.05) is 0 Å². The molecule has 4 nitrogen and oxygen atoms in total. The first-order valence-electron chi connectivity index (χ1n) is 4.13. The van der Waals surface area contributed by atoms with Crippen LogP contribution >= 0.6 is 0 Å². The summed E-state index contributed by atoms with van der Waals surface area (Å²) in [5, 5.41) is 10.7. The highest BCUT2D eigenvalue weighted by atomic mass is 16.5. The molecule has 0 saturated carbocycles. The summed E-state index contributed by atoms with van der Waals surface area (Å²) in [6.07, 6.45) is 0. The van der Waals surface area contributed by atoms with Gasteiger partial charge in [0, 0.05) is 0 Å². The third kappa shape index (κ3) is 1.90. The summed E-state index contributed by atoms with van der Waals surface area (Å²) in [4.78, 5) is 0. The Morgan fingerprint density at radius 1 is 1.00 bits per heavy atom. The molecule has 0 aliphatic heterocycles. The Morgan fingerprint density at radius 2 is 1.50 bits per heavy atom. The molecule has 0 saturated heterocycles. The van der Waals surface area contributed by atoms with Crippen LogP contribution in [0.1, 0.15) is 5.56 Å². The zero-order chi connectivity index (χ0) is 10.6. The predicted octanol–water partition coefficient (Wildman–Crippen LogP) is 1.64. The van der Waals surface area contributed by atoms with Gasteiger partial charge >= 0.3 is 0 Å². The van der Waals surface area contributed by atoms with Crippen LogP contribution in [-0.2, 0) is 11.7 Å². The minimum Gasteiger partial charge on any atom is -0.493 e. The van der Waals surface area contributed by atoms with Gasteiger partial charge in [-0.3, -0.25) is 0 Å². The van der Waals surface area contributed by atoms with E-state index in [1.165, 1.54) is 21.3 Å². The fourth-order valence-corrected chi connectivity index (χ4v) is 1.22. The molecule has 4 heteroatoms. The van der Waals surface area contributed by atoms with Crippen LogP contribution in [0, 0.1) is 0 Å². The molecule has 0 unspecified atom stereocenters. The van der Waals surface area contributed by atoms with E-state index in [4.69, 9.17) is 14.2 Å². The normalized spacial score (nSPS) is 9.71. The smallest absolute Gasteiger partial charge is 0.203 e. The van der Waals surface area contributed by atoms with Gasteiger partial charge in [-0.2, -0.15) is 0 Å². The highest BCUT2D eigenvalue weighted by Gasteiger charge is 2.12. The highest BCUT2D eigenvalue weighted by Crippen LogP contribution is 2.38. The summed E-state index contributed by atoms with van der Waals surface area (Å²) >= 11 is 0. The van der Waals surface area contributed by atoms with Gasteiger partial charge in [0.25, 0.3) is 0 Å². The molecule has 0 heterocycles. The Morgan fingerprint density at radius 3 is 1.79 bits per heavy atom. The van der Waals surface area contributed by atoms with E-state index in [0.717, 1.165) is 0 Å². The Labute approximate surface area is 83.0 Å². The van der Waals surface area contributed by atoms with Crippen molar-refractivity contribution in [2.45, 2.75) is 6.61 Å². The van der Waals surface area contributed by atoms with Gasteiger partial charge in [-0.05, 0) is 17.7 Å². The van der Waals surface area contributed by atoms with Crippen molar-refractivity contribution < 1.29 is 19.3 Å². The molecule has 0 atom stereocenters. The SMILES string of the molecule is COc1cc(C[O])cc(OC)c1OC. The summed E-state index contributed by atoms with van der Waals surface area (Å²) in [6.45, 7) is -0.309. The minimum absolute atomic E-state index is 0.309. The maximum atomic E-state index is 10.7. The third-order valence-electron chi connectivity index (χ3n) is 1.89. The van der Waals surface area contributed by atoms with Gasteiger partial charge in [0.1, 0.15) is 6.61 Å². The van der Waals surface area contributed by atoms with Crippen molar-refractivity contribution in [3.63, 3.8) is 0 Å². The molecule has 0 aliphatic rings. The average Bonchev–Trinajstić information content (AvgIpc) is 2.26. The first-order chi connectivity index (χ1) is 6.76. The molecular formula is C10H13O4. The van der Waals surface area contributed by atoms with Crippen LogP contribution in [0.4, 0.5) is 0 Å². The van der Waals surface area contributed by atoms with Crippen molar-refractivity contribution in [3.8, 4) is 17.2 Å². The molecule has 0 aliphatic carbocycles. The Bertz CT molecular complexity index is 284. The first kappa shape index (κ1) is 10.7. The summed E-state index contributed by atoms with van der Waals surface area (Å²) < 4.78 is 15.3. The predicted molar refractivity (Wildman–Crippen MR) is 50.5 cm³/mol. The monoisotopic (exact) mass is 197 g/mol. The van der Waals surface area contributed by atoms with Crippen LogP contribution < -0.4 is 14.2 Å². The van der Waals surface area contributed by atoms with Crippen LogP contribution in [0.2, 0.25) is 0 Å². The number of benzene rings is 1. The van der Waals surface area contributed by atoms with E-state index in [9.17, 15) is 5.11 Å². The molecular weight excluding hydrogens is 184 g/mol. The van der Waals surface area contributed by atoms with E-state index in [0.29, 0.717) is 22.8 Å². The van der Waals surface area contributed by atoms with Crippen molar-refractivity contribution in [2.75, 3.05) is 21.3 Å². The molecule has 1 aromatic rings. The molecule has 0 N–H and O–H groups in total. The second-order valence-electron chi connectivity index (χ2n) is 2.68. The zero-order valence-electron chi connectivity index (χ0n) is 8.49. The van der Waals surface area contributed by atoms with Crippen LogP contribution in [-0.4, -0.2) is 21.3 Å².